The van der Waals surface area contributed by atoms with Gasteiger partial charge in [0.1, 0.15) is 6.04 Å². The fraction of sp³-hybridized carbons (Fsp3) is 0.438. The molecule has 1 atom stereocenters. The Hall–Kier alpha value is -2.26. The lowest BCUT2D eigenvalue weighted by Crippen LogP contribution is -2.49. The highest BCUT2D eigenvalue weighted by Gasteiger charge is 2.34. The van der Waals surface area contributed by atoms with Gasteiger partial charge in [0.15, 0.2) is 5.82 Å². The molecule has 134 valence electrons. The van der Waals surface area contributed by atoms with E-state index in [2.05, 4.69) is 15.4 Å². The number of piperidine rings is 1. The van der Waals surface area contributed by atoms with Crippen molar-refractivity contribution in [1.82, 2.24) is 19.1 Å². The summed E-state index contributed by atoms with van der Waals surface area (Å²) in [6.45, 7) is 0.876. The Morgan fingerprint density at radius 3 is 2.88 bits per heavy atom. The second kappa shape index (κ2) is 7.32. The standard InChI is InChI=1S/C16H21N5O3S/c1-25(23,24)21-10-5-3-7-14(21)16(22)18-15-8-11-20(19-15)12-13-6-2-4-9-17-13/h2,4,6,8-9,11,14H,3,5,7,10,12H2,1H3,(H,18,19,22). The lowest BCUT2D eigenvalue weighted by Gasteiger charge is -2.32. The molecule has 1 amide bonds. The number of hydrogen-bond acceptors (Lipinski definition) is 5. The number of aromatic nitrogens is 3. The normalized spacial score (nSPS) is 18.8. The second-order valence-corrected chi connectivity index (χ2v) is 8.03. The molecule has 0 aromatic carbocycles. The average Bonchev–Trinajstić information content (AvgIpc) is 3.02. The molecule has 0 spiro atoms. The quantitative estimate of drug-likeness (QED) is 0.857. The SMILES string of the molecule is CS(=O)(=O)N1CCCCC1C(=O)Nc1ccn(Cc2ccccn2)n1. The summed E-state index contributed by atoms with van der Waals surface area (Å²) >= 11 is 0. The van der Waals surface area contributed by atoms with Crippen LogP contribution in [0.25, 0.3) is 0 Å². The number of pyridine rings is 1. The zero-order chi connectivity index (χ0) is 17.9. The molecule has 0 bridgehead atoms. The van der Waals surface area contributed by atoms with E-state index < -0.39 is 16.1 Å². The van der Waals surface area contributed by atoms with Gasteiger partial charge in [0.25, 0.3) is 0 Å². The van der Waals surface area contributed by atoms with Gasteiger partial charge in [-0.15, -0.1) is 0 Å². The van der Waals surface area contributed by atoms with E-state index in [0.29, 0.717) is 25.3 Å². The minimum Gasteiger partial charge on any atom is -0.308 e. The molecule has 2 aromatic rings. The van der Waals surface area contributed by atoms with Crippen molar-refractivity contribution >= 4 is 21.7 Å². The van der Waals surface area contributed by atoms with Crippen LogP contribution in [-0.4, -0.2) is 52.2 Å². The molecule has 2 aromatic heterocycles. The van der Waals surface area contributed by atoms with Gasteiger partial charge in [-0.2, -0.15) is 9.40 Å². The lowest BCUT2D eigenvalue weighted by molar-refractivity contribution is -0.120. The smallest absolute Gasteiger partial charge is 0.244 e. The molecule has 1 aliphatic rings. The summed E-state index contributed by atoms with van der Waals surface area (Å²) in [5.41, 5.74) is 0.860. The fourth-order valence-electron chi connectivity index (χ4n) is 2.95. The van der Waals surface area contributed by atoms with Crippen molar-refractivity contribution in [2.75, 3.05) is 18.1 Å². The molecule has 8 nitrogen and oxygen atoms in total. The summed E-state index contributed by atoms with van der Waals surface area (Å²) < 4.78 is 26.7. The first-order valence-corrected chi connectivity index (χ1v) is 9.99. The van der Waals surface area contributed by atoms with E-state index in [4.69, 9.17) is 0 Å². The van der Waals surface area contributed by atoms with Crippen LogP contribution in [0.2, 0.25) is 0 Å². The fourth-order valence-corrected chi connectivity index (χ4v) is 4.07. The first-order valence-electron chi connectivity index (χ1n) is 8.14. The van der Waals surface area contributed by atoms with E-state index in [9.17, 15) is 13.2 Å². The number of sulfonamides is 1. The Balaban J connectivity index is 1.66. The minimum absolute atomic E-state index is 0.340. The van der Waals surface area contributed by atoms with Crippen molar-refractivity contribution in [2.45, 2.75) is 31.8 Å². The van der Waals surface area contributed by atoms with Gasteiger partial charge in [-0.1, -0.05) is 12.5 Å². The molecule has 3 heterocycles. The molecule has 1 fully saturated rings. The Kier molecular flexibility index (Phi) is 5.14. The van der Waals surface area contributed by atoms with Crippen LogP contribution in [0.15, 0.2) is 36.7 Å². The summed E-state index contributed by atoms with van der Waals surface area (Å²) in [6, 6.07) is 6.65. The highest BCUT2D eigenvalue weighted by molar-refractivity contribution is 7.88. The molecule has 1 saturated heterocycles. The third-order valence-electron chi connectivity index (χ3n) is 4.12. The molecule has 1 N–H and O–H groups in total. The second-order valence-electron chi connectivity index (χ2n) is 6.09. The van der Waals surface area contributed by atoms with Crippen LogP contribution < -0.4 is 5.32 Å². The lowest BCUT2D eigenvalue weighted by atomic mass is 10.0. The number of rotatable bonds is 5. The van der Waals surface area contributed by atoms with Crippen LogP contribution in [0.5, 0.6) is 0 Å². The molecular formula is C16H21N5O3S. The zero-order valence-corrected chi connectivity index (χ0v) is 14.8. The Morgan fingerprint density at radius 1 is 1.32 bits per heavy atom. The molecule has 1 aliphatic heterocycles. The molecule has 3 rings (SSSR count). The number of hydrogen-bond donors (Lipinski definition) is 1. The van der Waals surface area contributed by atoms with Gasteiger partial charge in [0, 0.05) is 25.0 Å². The van der Waals surface area contributed by atoms with E-state index in [1.54, 1.807) is 23.1 Å². The van der Waals surface area contributed by atoms with E-state index in [0.717, 1.165) is 24.8 Å². The van der Waals surface area contributed by atoms with Gasteiger partial charge >= 0.3 is 0 Å². The summed E-state index contributed by atoms with van der Waals surface area (Å²) in [7, 11) is -3.41. The Morgan fingerprint density at radius 2 is 2.16 bits per heavy atom. The predicted molar refractivity (Wildman–Crippen MR) is 93.4 cm³/mol. The van der Waals surface area contributed by atoms with E-state index in [1.165, 1.54) is 4.31 Å². The largest absolute Gasteiger partial charge is 0.308 e. The predicted octanol–water partition coefficient (Wildman–Crippen LogP) is 1.08. The maximum atomic E-state index is 12.5. The van der Waals surface area contributed by atoms with Gasteiger partial charge in [-0.25, -0.2) is 8.42 Å². The summed E-state index contributed by atoms with van der Waals surface area (Å²) in [6.07, 6.45) is 6.73. The van der Waals surface area contributed by atoms with Crippen LogP contribution in [0.1, 0.15) is 25.0 Å². The van der Waals surface area contributed by atoms with Crippen molar-refractivity contribution < 1.29 is 13.2 Å². The Labute approximate surface area is 146 Å². The number of carbonyl (C=O) groups excluding carboxylic acids is 1. The van der Waals surface area contributed by atoms with Gasteiger partial charge in [0.05, 0.1) is 18.5 Å². The summed E-state index contributed by atoms with van der Waals surface area (Å²) in [5, 5.41) is 7.03. The van der Waals surface area contributed by atoms with Gasteiger partial charge in [0.2, 0.25) is 15.9 Å². The third-order valence-corrected chi connectivity index (χ3v) is 5.41. The van der Waals surface area contributed by atoms with Crippen LogP contribution in [0, 0.1) is 0 Å². The maximum absolute atomic E-state index is 12.5. The van der Waals surface area contributed by atoms with Crippen molar-refractivity contribution in [1.29, 1.82) is 0 Å². The molecule has 1 unspecified atom stereocenters. The zero-order valence-electron chi connectivity index (χ0n) is 14.0. The molecule has 0 aliphatic carbocycles. The van der Waals surface area contributed by atoms with Crippen molar-refractivity contribution in [3.8, 4) is 0 Å². The van der Waals surface area contributed by atoms with Gasteiger partial charge in [-0.05, 0) is 25.0 Å². The van der Waals surface area contributed by atoms with Crippen LogP contribution in [0.4, 0.5) is 5.82 Å². The number of amides is 1. The number of nitrogens with zero attached hydrogens (tertiary/aromatic N) is 4. The van der Waals surface area contributed by atoms with Crippen molar-refractivity contribution in [3.63, 3.8) is 0 Å². The van der Waals surface area contributed by atoms with E-state index in [1.807, 2.05) is 18.2 Å². The van der Waals surface area contributed by atoms with Crippen LogP contribution >= 0.6 is 0 Å². The Bertz CT molecular complexity index is 834. The molecule has 0 radical (unpaired) electrons. The van der Waals surface area contributed by atoms with Gasteiger partial charge < -0.3 is 5.32 Å². The number of nitrogens with one attached hydrogen (secondary N) is 1. The maximum Gasteiger partial charge on any atom is 0.244 e. The summed E-state index contributed by atoms with van der Waals surface area (Å²) in [4.78, 5) is 16.7. The highest BCUT2D eigenvalue weighted by Crippen LogP contribution is 2.21. The van der Waals surface area contributed by atoms with Gasteiger partial charge in [-0.3, -0.25) is 14.5 Å². The average molecular weight is 363 g/mol. The topological polar surface area (TPSA) is 97.2 Å². The van der Waals surface area contributed by atoms with Crippen molar-refractivity contribution in [2.24, 2.45) is 0 Å². The number of carbonyl (C=O) groups is 1. The first-order chi connectivity index (χ1) is 11.9. The number of anilines is 1. The molecule has 25 heavy (non-hydrogen) atoms. The first kappa shape index (κ1) is 17.6. The van der Waals surface area contributed by atoms with Crippen LogP contribution in [-0.2, 0) is 21.4 Å². The minimum atomic E-state index is -3.41. The molecule has 0 saturated carbocycles. The molecular weight excluding hydrogens is 342 g/mol. The highest BCUT2D eigenvalue weighted by atomic mass is 32.2. The van der Waals surface area contributed by atoms with Crippen LogP contribution in [0.3, 0.4) is 0 Å². The van der Waals surface area contributed by atoms with E-state index >= 15 is 0 Å². The molecule has 9 heteroatoms. The monoisotopic (exact) mass is 363 g/mol. The van der Waals surface area contributed by atoms with Crippen molar-refractivity contribution in [3.05, 3.63) is 42.4 Å². The summed E-state index contributed by atoms with van der Waals surface area (Å²) in [5.74, 6) is 0.0631. The third kappa shape index (κ3) is 4.43. The van der Waals surface area contributed by atoms with E-state index in [-0.39, 0.29) is 5.91 Å².